The third kappa shape index (κ3) is 1.53. The summed E-state index contributed by atoms with van der Waals surface area (Å²) < 4.78 is 0. The third-order valence-electron chi connectivity index (χ3n) is 7.29. The lowest BCUT2D eigenvalue weighted by molar-refractivity contribution is -0.0225. The van der Waals surface area contributed by atoms with E-state index >= 15 is 0 Å². The van der Waals surface area contributed by atoms with Crippen LogP contribution >= 0.6 is 0 Å². The van der Waals surface area contributed by atoms with Crippen LogP contribution in [0.4, 0.5) is 0 Å². The summed E-state index contributed by atoms with van der Waals surface area (Å²) >= 11 is 0. The summed E-state index contributed by atoms with van der Waals surface area (Å²) in [6, 6.07) is 4.56. The Balaban J connectivity index is 1.59. The second-order valence-electron chi connectivity index (χ2n) is 8.02. The monoisotopic (exact) mass is 296 g/mol. The SMILES string of the molecule is C[C@]12CC[C@@H]3c4ccc5[nH]ncc5c4CC[C@H]3[C@@H]1CC[C@@H]2O. The highest BCUT2D eigenvalue weighted by atomic mass is 16.3. The summed E-state index contributed by atoms with van der Waals surface area (Å²) in [4.78, 5) is 0. The van der Waals surface area contributed by atoms with Gasteiger partial charge in [-0.3, -0.25) is 5.10 Å². The predicted octanol–water partition coefficient (Wildman–Crippen LogP) is 3.78. The average Bonchev–Trinajstić information content (AvgIpc) is 3.12. The minimum absolute atomic E-state index is 0.0730. The first-order chi connectivity index (χ1) is 10.7. The van der Waals surface area contributed by atoms with Gasteiger partial charge in [-0.05, 0) is 78.9 Å². The van der Waals surface area contributed by atoms with E-state index in [1.165, 1.54) is 48.6 Å². The first-order valence-corrected chi connectivity index (χ1v) is 8.81. The highest BCUT2D eigenvalue weighted by molar-refractivity contribution is 5.83. The number of aromatic amines is 1. The Bertz CT molecular complexity index is 736. The van der Waals surface area contributed by atoms with E-state index in [1.807, 2.05) is 6.20 Å². The van der Waals surface area contributed by atoms with E-state index in [2.05, 4.69) is 29.3 Å². The summed E-state index contributed by atoms with van der Waals surface area (Å²) in [6.07, 6.45) is 9.05. The van der Waals surface area contributed by atoms with Gasteiger partial charge in [0.1, 0.15) is 0 Å². The molecule has 3 aliphatic carbocycles. The first kappa shape index (κ1) is 13.1. The molecule has 0 spiro atoms. The van der Waals surface area contributed by atoms with Crippen molar-refractivity contribution in [2.75, 3.05) is 0 Å². The molecule has 3 aliphatic rings. The van der Waals surface area contributed by atoms with Gasteiger partial charge >= 0.3 is 0 Å². The Hall–Kier alpha value is -1.35. The molecule has 5 rings (SSSR count). The number of hydrogen-bond acceptors (Lipinski definition) is 2. The lowest BCUT2D eigenvalue weighted by Gasteiger charge is -2.50. The zero-order valence-corrected chi connectivity index (χ0v) is 13.2. The van der Waals surface area contributed by atoms with Gasteiger partial charge < -0.3 is 5.11 Å². The summed E-state index contributed by atoms with van der Waals surface area (Å²) in [6.45, 7) is 2.35. The van der Waals surface area contributed by atoms with Gasteiger partial charge in [0.2, 0.25) is 0 Å². The fourth-order valence-corrected chi connectivity index (χ4v) is 6.08. The van der Waals surface area contributed by atoms with Crippen LogP contribution in [0.1, 0.15) is 56.1 Å². The highest BCUT2D eigenvalue weighted by Gasteiger charge is 2.54. The summed E-state index contributed by atoms with van der Waals surface area (Å²) in [5.41, 5.74) is 4.47. The van der Waals surface area contributed by atoms with Crippen molar-refractivity contribution < 1.29 is 5.11 Å². The molecule has 2 aromatic rings. The number of H-pyrrole nitrogens is 1. The number of aryl methyl sites for hydroxylation is 1. The second kappa shape index (κ2) is 4.35. The van der Waals surface area contributed by atoms with Crippen LogP contribution in [0.2, 0.25) is 0 Å². The Morgan fingerprint density at radius 2 is 2.14 bits per heavy atom. The Morgan fingerprint density at radius 3 is 3.05 bits per heavy atom. The molecule has 0 aliphatic heterocycles. The topological polar surface area (TPSA) is 48.9 Å². The van der Waals surface area contributed by atoms with Crippen LogP contribution in [0, 0.1) is 17.3 Å². The van der Waals surface area contributed by atoms with E-state index in [4.69, 9.17) is 0 Å². The molecule has 2 N–H and O–H groups in total. The lowest BCUT2D eigenvalue weighted by Crippen LogP contribution is -2.43. The zero-order chi connectivity index (χ0) is 14.9. The number of hydrogen-bond donors (Lipinski definition) is 2. The Morgan fingerprint density at radius 1 is 1.23 bits per heavy atom. The fraction of sp³-hybridized carbons (Fsp3) is 0.632. The van der Waals surface area contributed by atoms with Gasteiger partial charge in [-0.1, -0.05) is 13.0 Å². The summed E-state index contributed by atoms with van der Waals surface area (Å²) in [7, 11) is 0. The molecule has 0 unspecified atom stereocenters. The van der Waals surface area contributed by atoms with Crippen LogP contribution in [0.5, 0.6) is 0 Å². The average molecular weight is 296 g/mol. The number of aromatic nitrogens is 2. The molecule has 3 heteroatoms. The molecule has 0 radical (unpaired) electrons. The van der Waals surface area contributed by atoms with Gasteiger partial charge in [-0.15, -0.1) is 0 Å². The number of fused-ring (bicyclic) bond motifs is 7. The molecule has 2 fully saturated rings. The molecule has 0 bridgehead atoms. The van der Waals surface area contributed by atoms with Crippen LogP contribution in [-0.2, 0) is 6.42 Å². The van der Waals surface area contributed by atoms with Crippen LogP contribution < -0.4 is 0 Å². The lowest BCUT2D eigenvalue weighted by atomic mass is 9.55. The zero-order valence-electron chi connectivity index (χ0n) is 13.2. The molecule has 0 saturated heterocycles. The molecular weight excluding hydrogens is 272 g/mol. The van der Waals surface area contributed by atoms with Crippen molar-refractivity contribution in [3.63, 3.8) is 0 Å². The molecule has 1 aromatic carbocycles. The highest BCUT2D eigenvalue weighted by Crippen LogP contribution is 2.61. The second-order valence-corrected chi connectivity index (χ2v) is 8.02. The fourth-order valence-electron chi connectivity index (χ4n) is 6.08. The Labute approximate surface area is 131 Å². The maximum atomic E-state index is 10.5. The van der Waals surface area contributed by atoms with Gasteiger partial charge in [0.15, 0.2) is 0 Å². The van der Waals surface area contributed by atoms with E-state index in [1.54, 1.807) is 5.56 Å². The maximum absolute atomic E-state index is 10.5. The quantitative estimate of drug-likeness (QED) is 0.777. The van der Waals surface area contributed by atoms with E-state index < -0.39 is 0 Å². The number of nitrogens with one attached hydrogen (secondary N) is 1. The largest absolute Gasteiger partial charge is 0.393 e. The molecular formula is C19H24N2O. The van der Waals surface area contributed by atoms with Gasteiger partial charge in [0.05, 0.1) is 17.8 Å². The number of aliphatic hydroxyl groups excluding tert-OH is 1. The van der Waals surface area contributed by atoms with Crippen molar-refractivity contribution in [2.24, 2.45) is 17.3 Å². The van der Waals surface area contributed by atoms with E-state index in [0.717, 1.165) is 18.3 Å². The normalized spacial score (nSPS) is 40.3. The van der Waals surface area contributed by atoms with Gasteiger partial charge in [-0.2, -0.15) is 5.10 Å². The molecule has 5 atom stereocenters. The smallest absolute Gasteiger partial charge is 0.0653 e. The molecule has 2 saturated carbocycles. The number of benzene rings is 1. The van der Waals surface area contributed by atoms with E-state index in [-0.39, 0.29) is 11.5 Å². The van der Waals surface area contributed by atoms with E-state index in [0.29, 0.717) is 5.92 Å². The van der Waals surface area contributed by atoms with Crippen molar-refractivity contribution in [1.29, 1.82) is 0 Å². The van der Waals surface area contributed by atoms with Crippen LogP contribution in [0.25, 0.3) is 10.9 Å². The predicted molar refractivity (Wildman–Crippen MR) is 86.7 cm³/mol. The van der Waals surface area contributed by atoms with Crippen molar-refractivity contribution in [2.45, 2.75) is 57.5 Å². The van der Waals surface area contributed by atoms with Gasteiger partial charge in [0.25, 0.3) is 0 Å². The molecule has 1 heterocycles. The molecule has 0 amide bonds. The maximum Gasteiger partial charge on any atom is 0.0653 e. The van der Waals surface area contributed by atoms with E-state index in [9.17, 15) is 5.11 Å². The summed E-state index contributed by atoms with van der Waals surface area (Å²) in [5.74, 6) is 2.19. The van der Waals surface area contributed by atoms with Gasteiger partial charge in [-0.25, -0.2) is 0 Å². The third-order valence-corrected chi connectivity index (χ3v) is 7.29. The van der Waals surface area contributed by atoms with Crippen molar-refractivity contribution in [3.05, 3.63) is 29.5 Å². The van der Waals surface area contributed by atoms with Crippen LogP contribution in [-0.4, -0.2) is 21.4 Å². The first-order valence-electron chi connectivity index (χ1n) is 8.81. The number of aliphatic hydroxyl groups is 1. The molecule has 22 heavy (non-hydrogen) atoms. The minimum Gasteiger partial charge on any atom is -0.393 e. The van der Waals surface area contributed by atoms with Crippen molar-refractivity contribution >= 4 is 10.9 Å². The van der Waals surface area contributed by atoms with Crippen molar-refractivity contribution in [3.8, 4) is 0 Å². The summed E-state index contributed by atoms with van der Waals surface area (Å²) in [5, 5.41) is 19.1. The van der Waals surface area contributed by atoms with Crippen LogP contribution in [0.3, 0.4) is 0 Å². The molecule has 116 valence electrons. The number of rotatable bonds is 0. The van der Waals surface area contributed by atoms with Crippen LogP contribution in [0.15, 0.2) is 18.3 Å². The Kier molecular flexibility index (Phi) is 2.59. The minimum atomic E-state index is -0.0730. The number of nitrogens with zero attached hydrogens (tertiary/aromatic N) is 1. The molecule has 1 aromatic heterocycles. The van der Waals surface area contributed by atoms with Crippen molar-refractivity contribution in [1.82, 2.24) is 10.2 Å². The standard InChI is InChI=1S/C19H24N2O/c1-19-9-8-13-11-4-6-17-15(10-20-21-17)12(11)2-3-14(13)16(19)5-7-18(19)22/h4,6,10,13-14,16,18,22H,2-3,5,7-9H2,1H3,(H,20,21)/t13-,14-,16+,18+,19+/m1/s1. The molecule has 3 nitrogen and oxygen atoms in total. The van der Waals surface area contributed by atoms with Gasteiger partial charge in [0, 0.05) is 5.39 Å².